The highest BCUT2D eigenvalue weighted by Crippen LogP contribution is 2.37. The van der Waals surface area contributed by atoms with E-state index < -0.39 is 11.9 Å². The molecule has 5 rings (SSSR count). The summed E-state index contributed by atoms with van der Waals surface area (Å²) >= 11 is 2.77. The number of amides is 3. The van der Waals surface area contributed by atoms with Crippen molar-refractivity contribution in [3.63, 3.8) is 0 Å². The molecule has 2 aliphatic rings. The van der Waals surface area contributed by atoms with Crippen LogP contribution >= 0.6 is 23.1 Å². The van der Waals surface area contributed by atoms with Crippen LogP contribution in [0.4, 0.5) is 4.79 Å². The first-order valence-electron chi connectivity index (χ1n) is 11.9. The Balaban J connectivity index is 1.42. The van der Waals surface area contributed by atoms with Gasteiger partial charge in [0.2, 0.25) is 5.91 Å². The molecule has 2 heterocycles. The van der Waals surface area contributed by atoms with Crippen LogP contribution in [-0.4, -0.2) is 33.3 Å². The van der Waals surface area contributed by atoms with Crippen LogP contribution in [0.25, 0.3) is 15.9 Å². The molecule has 1 unspecified atom stereocenters. The van der Waals surface area contributed by atoms with Gasteiger partial charge in [-0.3, -0.25) is 19.5 Å². The zero-order valence-corrected chi connectivity index (χ0v) is 20.8. The minimum Gasteiger partial charge on any atom is -0.335 e. The summed E-state index contributed by atoms with van der Waals surface area (Å²) in [4.78, 5) is 45.2. The van der Waals surface area contributed by atoms with Crippen molar-refractivity contribution >= 4 is 45.3 Å². The highest BCUT2D eigenvalue weighted by Gasteiger charge is 2.25. The molecule has 0 saturated heterocycles. The Morgan fingerprint density at radius 1 is 1.18 bits per heavy atom. The largest absolute Gasteiger partial charge is 0.335 e. The van der Waals surface area contributed by atoms with Gasteiger partial charge in [-0.05, 0) is 55.7 Å². The minimum atomic E-state index is -0.457. The topological polar surface area (TPSA) is 93.1 Å². The minimum absolute atomic E-state index is 0.00894. The molecule has 0 aliphatic heterocycles. The quantitative estimate of drug-likeness (QED) is 0.403. The highest BCUT2D eigenvalue weighted by molar-refractivity contribution is 7.99. The number of fused-ring (bicyclic) bond motifs is 3. The van der Waals surface area contributed by atoms with Crippen LogP contribution < -0.4 is 16.2 Å². The number of hydrogen-bond donors (Lipinski definition) is 2. The molecule has 0 spiro atoms. The van der Waals surface area contributed by atoms with Crippen molar-refractivity contribution in [2.45, 2.75) is 63.1 Å². The molecule has 1 aromatic carbocycles. The van der Waals surface area contributed by atoms with Gasteiger partial charge in [0.25, 0.3) is 5.56 Å². The second kappa shape index (κ2) is 9.92. The number of benzene rings is 1. The summed E-state index contributed by atoms with van der Waals surface area (Å²) in [6.45, 7) is 2.24. The van der Waals surface area contributed by atoms with Crippen LogP contribution in [0.5, 0.6) is 0 Å². The maximum Gasteiger partial charge on any atom is 0.321 e. The molecule has 3 amide bonds. The number of hydrogen-bond acceptors (Lipinski definition) is 6. The standard InChI is InChI=1S/C25H28N4O3S2/c1-15-11-12-18-19(13-15)34-22-21(18)23(31)29(17-9-3-2-4-10-17)25(28-22)33-14-20(30)27-24(32)26-16-7-5-6-8-16/h2-4,9-10,15-16H,5-8,11-14H2,1H3,(H2,26,27,30,32). The number of carbonyl (C=O) groups excluding carboxylic acids is 2. The summed E-state index contributed by atoms with van der Waals surface area (Å²) in [7, 11) is 0. The number of thioether (sulfide) groups is 1. The Morgan fingerprint density at radius 3 is 2.71 bits per heavy atom. The van der Waals surface area contributed by atoms with Crippen LogP contribution in [-0.2, 0) is 17.6 Å². The first-order chi connectivity index (χ1) is 16.5. The predicted molar refractivity (Wildman–Crippen MR) is 136 cm³/mol. The first kappa shape index (κ1) is 23.1. The van der Waals surface area contributed by atoms with E-state index in [-0.39, 0.29) is 17.4 Å². The summed E-state index contributed by atoms with van der Waals surface area (Å²) in [5, 5.41) is 6.44. The molecule has 1 fully saturated rings. The molecule has 3 aromatic rings. The van der Waals surface area contributed by atoms with Crippen molar-refractivity contribution in [2.75, 3.05) is 5.75 Å². The Morgan fingerprint density at radius 2 is 1.94 bits per heavy atom. The van der Waals surface area contributed by atoms with Gasteiger partial charge in [-0.25, -0.2) is 9.78 Å². The molecule has 0 bridgehead atoms. The number of nitrogens with zero attached hydrogens (tertiary/aromatic N) is 2. The lowest BCUT2D eigenvalue weighted by molar-refractivity contribution is -0.117. The fourth-order valence-corrected chi connectivity index (χ4v) is 7.09. The third-order valence-electron chi connectivity index (χ3n) is 6.59. The summed E-state index contributed by atoms with van der Waals surface area (Å²) < 4.78 is 1.60. The van der Waals surface area contributed by atoms with Crippen LogP contribution in [0, 0.1) is 5.92 Å². The number of rotatable bonds is 5. The van der Waals surface area contributed by atoms with E-state index in [0.29, 0.717) is 22.1 Å². The Hall–Kier alpha value is -2.65. The maximum absolute atomic E-state index is 13.7. The molecule has 34 heavy (non-hydrogen) atoms. The lowest BCUT2D eigenvalue weighted by Crippen LogP contribution is -2.44. The molecule has 1 atom stereocenters. The second-order valence-electron chi connectivity index (χ2n) is 9.19. The van der Waals surface area contributed by atoms with Crippen molar-refractivity contribution in [3.05, 3.63) is 51.1 Å². The Kier molecular flexibility index (Phi) is 6.74. The summed E-state index contributed by atoms with van der Waals surface area (Å²) in [5.74, 6) is 0.184. The molecule has 0 radical (unpaired) electrons. The van der Waals surface area contributed by atoms with Crippen molar-refractivity contribution in [1.29, 1.82) is 0 Å². The number of carbonyl (C=O) groups is 2. The van der Waals surface area contributed by atoms with E-state index in [9.17, 15) is 14.4 Å². The van der Waals surface area contributed by atoms with Gasteiger partial charge < -0.3 is 5.32 Å². The predicted octanol–water partition coefficient (Wildman–Crippen LogP) is 4.43. The van der Waals surface area contributed by atoms with Crippen LogP contribution in [0.1, 0.15) is 49.5 Å². The highest BCUT2D eigenvalue weighted by atomic mass is 32.2. The van der Waals surface area contributed by atoms with Gasteiger partial charge in [-0.1, -0.05) is 49.7 Å². The lowest BCUT2D eigenvalue weighted by Gasteiger charge is -2.17. The molecule has 1 saturated carbocycles. The van der Waals surface area contributed by atoms with E-state index in [1.54, 1.807) is 15.9 Å². The number of aromatic nitrogens is 2. The van der Waals surface area contributed by atoms with Crippen LogP contribution in [0.15, 0.2) is 40.3 Å². The average Bonchev–Trinajstić information content (AvgIpc) is 3.45. The number of urea groups is 1. The lowest BCUT2D eigenvalue weighted by atomic mass is 9.89. The molecular formula is C25H28N4O3S2. The van der Waals surface area contributed by atoms with Gasteiger partial charge in [0, 0.05) is 10.9 Å². The molecule has 2 N–H and O–H groups in total. The molecule has 2 aromatic heterocycles. The average molecular weight is 497 g/mol. The van der Waals surface area contributed by atoms with Gasteiger partial charge in [-0.15, -0.1) is 11.3 Å². The number of imide groups is 1. The van der Waals surface area contributed by atoms with E-state index >= 15 is 0 Å². The van der Waals surface area contributed by atoms with E-state index in [0.717, 1.165) is 55.3 Å². The van der Waals surface area contributed by atoms with Gasteiger partial charge >= 0.3 is 6.03 Å². The number of nitrogens with one attached hydrogen (secondary N) is 2. The van der Waals surface area contributed by atoms with Crippen LogP contribution in [0.3, 0.4) is 0 Å². The Bertz CT molecular complexity index is 1280. The summed E-state index contributed by atoms with van der Waals surface area (Å²) in [6.07, 6.45) is 7.05. The third-order valence-corrected chi connectivity index (χ3v) is 8.68. The molecule has 9 heteroatoms. The van der Waals surface area contributed by atoms with Crippen molar-refractivity contribution in [3.8, 4) is 5.69 Å². The van der Waals surface area contributed by atoms with Crippen LogP contribution in [0.2, 0.25) is 0 Å². The summed E-state index contributed by atoms with van der Waals surface area (Å²) in [6, 6.07) is 9.08. The van der Waals surface area contributed by atoms with E-state index in [1.165, 1.54) is 16.6 Å². The SMILES string of the molecule is CC1CCc2c(sc3nc(SCC(=O)NC(=O)NC4CCCC4)n(-c4ccccc4)c(=O)c23)C1. The second-order valence-corrected chi connectivity index (χ2v) is 11.2. The van der Waals surface area contributed by atoms with Gasteiger partial charge in [0.1, 0.15) is 4.83 Å². The zero-order chi connectivity index (χ0) is 23.7. The molecule has 178 valence electrons. The van der Waals surface area contributed by atoms with Crippen molar-refractivity contribution < 1.29 is 9.59 Å². The monoisotopic (exact) mass is 496 g/mol. The van der Waals surface area contributed by atoms with Gasteiger partial charge in [-0.2, -0.15) is 0 Å². The van der Waals surface area contributed by atoms with Gasteiger partial charge in [0.05, 0.1) is 16.8 Å². The fraction of sp³-hybridized carbons (Fsp3) is 0.440. The van der Waals surface area contributed by atoms with E-state index in [2.05, 4.69) is 17.6 Å². The number of para-hydroxylation sites is 1. The normalized spacial score (nSPS) is 18.1. The summed E-state index contributed by atoms with van der Waals surface area (Å²) in [5.41, 5.74) is 1.76. The zero-order valence-electron chi connectivity index (χ0n) is 19.1. The molecule has 2 aliphatic carbocycles. The first-order valence-corrected chi connectivity index (χ1v) is 13.7. The van der Waals surface area contributed by atoms with Gasteiger partial charge in [0.15, 0.2) is 5.16 Å². The smallest absolute Gasteiger partial charge is 0.321 e. The Labute approximate surface area is 206 Å². The molecular weight excluding hydrogens is 468 g/mol. The van der Waals surface area contributed by atoms with E-state index in [1.807, 2.05) is 30.3 Å². The molecule has 7 nitrogen and oxygen atoms in total. The fourth-order valence-electron chi connectivity index (χ4n) is 4.86. The number of aryl methyl sites for hydroxylation is 1. The van der Waals surface area contributed by atoms with Crippen molar-refractivity contribution in [1.82, 2.24) is 20.2 Å². The van der Waals surface area contributed by atoms with E-state index in [4.69, 9.17) is 4.98 Å². The maximum atomic E-state index is 13.7. The van der Waals surface area contributed by atoms with Crippen molar-refractivity contribution in [2.24, 2.45) is 5.92 Å². The number of thiophene rings is 1. The third kappa shape index (κ3) is 4.77.